The van der Waals surface area contributed by atoms with Gasteiger partial charge in [-0.25, -0.2) is 0 Å². The Morgan fingerprint density at radius 3 is 2.29 bits per heavy atom. The van der Waals surface area contributed by atoms with Crippen LogP contribution in [0.4, 0.5) is 0 Å². The molecule has 1 aliphatic rings. The molecule has 35 heavy (non-hydrogen) atoms. The van der Waals surface area contributed by atoms with Gasteiger partial charge in [-0.15, -0.1) is 0 Å². The minimum Gasteiger partial charge on any atom is -0.494 e. The fourth-order valence-electron chi connectivity index (χ4n) is 4.02. The van der Waals surface area contributed by atoms with Crippen molar-refractivity contribution in [1.82, 2.24) is 4.90 Å². The lowest BCUT2D eigenvalue weighted by Crippen LogP contribution is -2.28. The van der Waals surface area contributed by atoms with Crippen molar-refractivity contribution >= 4 is 28.9 Å². The minimum absolute atomic E-state index is 0.00922. The van der Waals surface area contributed by atoms with E-state index in [2.05, 4.69) is 45.0 Å². The number of hydrogen-bond acceptors (Lipinski definition) is 4. The largest absolute Gasteiger partial charge is 0.494 e. The van der Waals surface area contributed by atoms with Gasteiger partial charge in [0.2, 0.25) is 0 Å². The third kappa shape index (κ3) is 6.04. The SMILES string of the molecule is CCOc1cc(C)c(/C=C2\SC(=NCc3ccccc3)N(Cc3ccccc3)C2=O)cc1C(C)C. The quantitative estimate of drug-likeness (QED) is 0.318. The van der Waals surface area contributed by atoms with Crippen LogP contribution in [0.15, 0.2) is 82.7 Å². The maximum absolute atomic E-state index is 13.6. The summed E-state index contributed by atoms with van der Waals surface area (Å²) in [5.74, 6) is 1.23. The molecule has 1 fully saturated rings. The molecular weight excluding hydrogens is 452 g/mol. The molecule has 1 amide bonds. The van der Waals surface area contributed by atoms with Gasteiger partial charge in [-0.1, -0.05) is 74.5 Å². The maximum Gasteiger partial charge on any atom is 0.267 e. The van der Waals surface area contributed by atoms with Crippen molar-refractivity contribution in [2.75, 3.05) is 6.61 Å². The molecule has 0 aromatic heterocycles. The first-order valence-electron chi connectivity index (χ1n) is 12.1. The monoisotopic (exact) mass is 484 g/mol. The highest BCUT2D eigenvalue weighted by molar-refractivity contribution is 8.18. The first kappa shape index (κ1) is 24.8. The summed E-state index contributed by atoms with van der Waals surface area (Å²) >= 11 is 1.45. The third-order valence-electron chi connectivity index (χ3n) is 5.92. The number of amidine groups is 1. The number of benzene rings is 3. The first-order chi connectivity index (χ1) is 17.0. The highest BCUT2D eigenvalue weighted by Crippen LogP contribution is 2.36. The van der Waals surface area contributed by atoms with Gasteiger partial charge in [-0.05, 0) is 77.6 Å². The number of aliphatic imine (C=N–C) groups is 1. The van der Waals surface area contributed by atoms with Crippen molar-refractivity contribution in [3.63, 3.8) is 0 Å². The molecule has 4 rings (SSSR count). The Balaban J connectivity index is 1.69. The fourth-order valence-corrected chi connectivity index (χ4v) is 4.98. The van der Waals surface area contributed by atoms with Gasteiger partial charge in [0.1, 0.15) is 5.75 Å². The van der Waals surface area contributed by atoms with Crippen LogP contribution in [0, 0.1) is 6.92 Å². The molecule has 0 spiro atoms. The third-order valence-corrected chi connectivity index (χ3v) is 6.96. The van der Waals surface area contributed by atoms with E-state index in [-0.39, 0.29) is 5.91 Å². The van der Waals surface area contributed by atoms with E-state index in [1.54, 1.807) is 4.90 Å². The van der Waals surface area contributed by atoms with Gasteiger partial charge >= 0.3 is 0 Å². The highest BCUT2D eigenvalue weighted by atomic mass is 32.2. The van der Waals surface area contributed by atoms with E-state index in [4.69, 9.17) is 9.73 Å². The Morgan fingerprint density at radius 1 is 1.00 bits per heavy atom. The van der Waals surface area contributed by atoms with Gasteiger partial charge in [0, 0.05) is 0 Å². The van der Waals surface area contributed by atoms with Gasteiger partial charge in [-0.2, -0.15) is 0 Å². The minimum atomic E-state index is -0.00922. The van der Waals surface area contributed by atoms with Crippen LogP contribution in [0.2, 0.25) is 0 Å². The highest BCUT2D eigenvalue weighted by Gasteiger charge is 2.33. The number of thioether (sulfide) groups is 1. The number of nitrogens with zero attached hydrogens (tertiary/aromatic N) is 2. The zero-order valence-corrected chi connectivity index (χ0v) is 21.6. The molecular formula is C30H32N2O2S. The summed E-state index contributed by atoms with van der Waals surface area (Å²) in [6, 6.07) is 24.4. The number of carbonyl (C=O) groups excluding carboxylic acids is 1. The van der Waals surface area contributed by atoms with Crippen LogP contribution in [-0.4, -0.2) is 22.6 Å². The van der Waals surface area contributed by atoms with E-state index >= 15 is 0 Å². The molecule has 4 nitrogen and oxygen atoms in total. The Labute approximate surface area is 212 Å². The van der Waals surface area contributed by atoms with Crippen LogP contribution < -0.4 is 4.74 Å². The average Bonchev–Trinajstić information content (AvgIpc) is 3.14. The van der Waals surface area contributed by atoms with E-state index in [1.807, 2.05) is 61.5 Å². The van der Waals surface area contributed by atoms with Crippen molar-refractivity contribution in [3.8, 4) is 5.75 Å². The molecule has 180 valence electrons. The van der Waals surface area contributed by atoms with Gasteiger partial charge in [0.05, 0.1) is 24.6 Å². The summed E-state index contributed by atoms with van der Waals surface area (Å²) < 4.78 is 5.88. The lowest BCUT2D eigenvalue weighted by atomic mass is 9.96. The molecule has 1 heterocycles. The summed E-state index contributed by atoms with van der Waals surface area (Å²) in [7, 11) is 0. The zero-order chi connectivity index (χ0) is 24.8. The second kappa shape index (κ2) is 11.4. The lowest BCUT2D eigenvalue weighted by molar-refractivity contribution is -0.122. The molecule has 0 atom stereocenters. The van der Waals surface area contributed by atoms with E-state index in [0.717, 1.165) is 38.7 Å². The Hall–Kier alpha value is -3.31. The Morgan fingerprint density at radius 2 is 1.66 bits per heavy atom. The molecule has 3 aromatic rings. The number of amides is 1. The smallest absolute Gasteiger partial charge is 0.267 e. The van der Waals surface area contributed by atoms with Crippen molar-refractivity contribution < 1.29 is 9.53 Å². The second-order valence-corrected chi connectivity index (χ2v) is 9.92. The lowest BCUT2D eigenvalue weighted by Gasteiger charge is -2.16. The summed E-state index contributed by atoms with van der Waals surface area (Å²) in [5, 5.41) is 0.738. The van der Waals surface area contributed by atoms with Crippen LogP contribution in [0.3, 0.4) is 0 Å². The van der Waals surface area contributed by atoms with Crippen LogP contribution >= 0.6 is 11.8 Å². The average molecular weight is 485 g/mol. The van der Waals surface area contributed by atoms with E-state index in [9.17, 15) is 4.79 Å². The van der Waals surface area contributed by atoms with Crippen molar-refractivity contribution in [2.24, 2.45) is 4.99 Å². The van der Waals surface area contributed by atoms with E-state index < -0.39 is 0 Å². The molecule has 1 saturated heterocycles. The van der Waals surface area contributed by atoms with Gasteiger partial charge < -0.3 is 4.74 Å². The summed E-state index contributed by atoms with van der Waals surface area (Å²) in [6.07, 6.45) is 2.01. The number of ether oxygens (including phenoxy) is 1. The van der Waals surface area contributed by atoms with Crippen molar-refractivity contribution in [3.05, 3.63) is 106 Å². The molecule has 0 saturated carbocycles. The topological polar surface area (TPSA) is 41.9 Å². The second-order valence-electron chi connectivity index (χ2n) is 8.91. The molecule has 3 aromatic carbocycles. The first-order valence-corrected chi connectivity index (χ1v) is 12.9. The van der Waals surface area contributed by atoms with E-state index in [0.29, 0.717) is 30.5 Å². The Kier molecular flexibility index (Phi) is 8.09. The number of carbonyl (C=O) groups is 1. The van der Waals surface area contributed by atoms with Crippen LogP contribution in [0.1, 0.15) is 54.5 Å². The molecule has 1 aliphatic heterocycles. The van der Waals surface area contributed by atoms with Gasteiger partial charge in [-0.3, -0.25) is 14.7 Å². The Bertz CT molecular complexity index is 1230. The van der Waals surface area contributed by atoms with Gasteiger partial charge in [0.15, 0.2) is 5.17 Å². The van der Waals surface area contributed by atoms with E-state index in [1.165, 1.54) is 11.8 Å². The summed E-state index contributed by atoms with van der Waals surface area (Å²) in [4.78, 5) is 20.9. The fraction of sp³-hybridized carbons (Fsp3) is 0.267. The maximum atomic E-state index is 13.6. The predicted octanol–water partition coefficient (Wildman–Crippen LogP) is 7.19. The molecule has 0 radical (unpaired) electrons. The summed E-state index contributed by atoms with van der Waals surface area (Å²) in [5.41, 5.74) is 5.47. The molecule has 0 unspecified atom stereocenters. The number of aryl methyl sites for hydroxylation is 1. The predicted molar refractivity (Wildman–Crippen MR) is 147 cm³/mol. The van der Waals surface area contributed by atoms with Crippen LogP contribution in [0.25, 0.3) is 6.08 Å². The number of hydrogen-bond donors (Lipinski definition) is 0. The molecule has 0 aliphatic carbocycles. The van der Waals surface area contributed by atoms with Gasteiger partial charge in [0.25, 0.3) is 5.91 Å². The van der Waals surface area contributed by atoms with Crippen molar-refractivity contribution in [1.29, 1.82) is 0 Å². The molecule has 0 bridgehead atoms. The molecule has 5 heteroatoms. The van der Waals surface area contributed by atoms with Crippen LogP contribution in [-0.2, 0) is 17.9 Å². The van der Waals surface area contributed by atoms with Crippen LogP contribution in [0.5, 0.6) is 5.75 Å². The summed E-state index contributed by atoms with van der Waals surface area (Å²) in [6.45, 7) is 10.1. The van der Waals surface area contributed by atoms with Crippen molar-refractivity contribution in [2.45, 2.75) is 46.7 Å². The zero-order valence-electron chi connectivity index (χ0n) is 20.8. The normalized spacial score (nSPS) is 16.0. The standard InChI is InChI=1S/C30H32N2O2S/c1-5-34-27-16-22(4)25(17-26(27)21(2)3)18-28-29(33)32(20-24-14-10-7-11-15-24)30(35-28)31-19-23-12-8-6-9-13-23/h6-18,21H,5,19-20H2,1-4H3/b28-18-,31-30?. The molecule has 0 N–H and O–H groups in total. The number of rotatable bonds is 8.